The maximum Gasteiger partial charge on any atom is 0.0372 e. The summed E-state index contributed by atoms with van der Waals surface area (Å²) < 4.78 is 0. The van der Waals surface area contributed by atoms with E-state index in [-0.39, 0.29) is 0 Å². The molecule has 0 saturated heterocycles. The van der Waals surface area contributed by atoms with E-state index in [0.717, 1.165) is 23.8 Å². The van der Waals surface area contributed by atoms with Gasteiger partial charge in [-0.25, -0.2) is 0 Å². The van der Waals surface area contributed by atoms with E-state index in [2.05, 4.69) is 44.3 Å². The third-order valence-corrected chi connectivity index (χ3v) is 5.04. The summed E-state index contributed by atoms with van der Waals surface area (Å²) in [5.74, 6) is 2.77. The van der Waals surface area contributed by atoms with Gasteiger partial charge in [-0.3, -0.25) is 0 Å². The molecule has 1 N–H and O–H groups in total. The van der Waals surface area contributed by atoms with Crippen LogP contribution in [0.1, 0.15) is 37.3 Å². The summed E-state index contributed by atoms with van der Waals surface area (Å²) in [6, 6.07) is 7.46. The number of benzene rings is 1. The Labute approximate surface area is 105 Å². The van der Waals surface area contributed by atoms with Crippen LogP contribution in [0, 0.1) is 31.6 Å². The molecule has 0 heterocycles. The van der Waals surface area contributed by atoms with Crippen molar-refractivity contribution in [2.24, 2.45) is 17.8 Å². The van der Waals surface area contributed by atoms with Crippen LogP contribution in [0.15, 0.2) is 18.2 Å². The lowest BCUT2D eigenvalue weighted by Gasteiger charge is -2.30. The summed E-state index contributed by atoms with van der Waals surface area (Å²) in [5.41, 5.74) is 4.09. The van der Waals surface area contributed by atoms with Crippen molar-refractivity contribution < 1.29 is 0 Å². The first-order valence-corrected chi connectivity index (χ1v) is 6.99. The normalized spacial score (nSPS) is 35.2. The molecule has 0 spiro atoms. The summed E-state index contributed by atoms with van der Waals surface area (Å²) >= 11 is 0. The van der Waals surface area contributed by atoms with Gasteiger partial charge in [-0.05, 0) is 62.5 Å². The van der Waals surface area contributed by atoms with Crippen molar-refractivity contribution in [3.05, 3.63) is 29.3 Å². The Balaban J connectivity index is 1.79. The molecule has 2 unspecified atom stereocenters. The number of hydrogen-bond donors (Lipinski definition) is 1. The summed E-state index contributed by atoms with van der Waals surface area (Å²) in [7, 11) is 0. The van der Waals surface area contributed by atoms with E-state index >= 15 is 0 Å². The maximum absolute atomic E-state index is 3.82. The van der Waals surface area contributed by atoms with Gasteiger partial charge in [0.1, 0.15) is 0 Å². The predicted octanol–water partition coefficient (Wildman–Crippen LogP) is 4.15. The van der Waals surface area contributed by atoms with Crippen LogP contribution in [0.3, 0.4) is 0 Å². The molecule has 1 nitrogen and oxygen atoms in total. The van der Waals surface area contributed by atoms with Crippen molar-refractivity contribution >= 4 is 5.69 Å². The first kappa shape index (κ1) is 11.1. The van der Waals surface area contributed by atoms with Crippen LogP contribution in [0.2, 0.25) is 0 Å². The van der Waals surface area contributed by atoms with Crippen LogP contribution in [-0.4, -0.2) is 6.04 Å². The molecule has 3 rings (SSSR count). The minimum atomic E-state index is 0.718. The molecular weight excluding hydrogens is 206 g/mol. The first-order valence-electron chi connectivity index (χ1n) is 6.99. The molecule has 92 valence electrons. The van der Waals surface area contributed by atoms with Gasteiger partial charge in [0.25, 0.3) is 0 Å². The van der Waals surface area contributed by atoms with Crippen molar-refractivity contribution in [2.75, 3.05) is 5.32 Å². The molecular formula is C16H23N. The van der Waals surface area contributed by atoms with Gasteiger partial charge in [0.15, 0.2) is 0 Å². The van der Waals surface area contributed by atoms with Crippen LogP contribution in [-0.2, 0) is 0 Å². The zero-order valence-corrected chi connectivity index (χ0v) is 11.2. The van der Waals surface area contributed by atoms with Crippen molar-refractivity contribution in [3.8, 4) is 0 Å². The zero-order valence-electron chi connectivity index (χ0n) is 11.2. The predicted molar refractivity (Wildman–Crippen MR) is 73.3 cm³/mol. The molecule has 2 aliphatic rings. The number of rotatable bonds is 2. The Kier molecular flexibility index (Phi) is 2.65. The van der Waals surface area contributed by atoms with Gasteiger partial charge in [0, 0.05) is 11.7 Å². The zero-order chi connectivity index (χ0) is 12.0. The van der Waals surface area contributed by atoms with E-state index in [1.807, 2.05) is 0 Å². The Bertz CT molecular complexity index is 422. The van der Waals surface area contributed by atoms with Gasteiger partial charge in [-0.2, -0.15) is 0 Å². The van der Waals surface area contributed by atoms with Crippen LogP contribution in [0.4, 0.5) is 5.69 Å². The van der Waals surface area contributed by atoms with Crippen LogP contribution < -0.4 is 5.32 Å². The summed E-state index contributed by atoms with van der Waals surface area (Å²) in [4.78, 5) is 0. The van der Waals surface area contributed by atoms with E-state index < -0.39 is 0 Å². The molecule has 2 bridgehead atoms. The SMILES string of the molecule is Cc1ccc(N[C@H]2C3CCC(C3)[C@H]2C)c(C)c1. The van der Waals surface area contributed by atoms with Crippen LogP contribution in [0.25, 0.3) is 0 Å². The highest BCUT2D eigenvalue weighted by atomic mass is 15.0. The second kappa shape index (κ2) is 4.04. The molecule has 0 aromatic heterocycles. The summed E-state index contributed by atoms with van der Waals surface area (Å²) in [6.45, 7) is 6.81. The average molecular weight is 229 g/mol. The molecule has 2 aliphatic carbocycles. The Morgan fingerprint density at radius 2 is 1.88 bits per heavy atom. The second-order valence-corrected chi connectivity index (χ2v) is 6.18. The standard InChI is InChI=1S/C16H23N/c1-10-4-7-15(11(2)8-10)17-16-12(3)13-5-6-14(16)9-13/h4,7-8,12-14,16-17H,5-6,9H2,1-3H3/t12-,13?,14?,16-/m1/s1. The van der Waals surface area contributed by atoms with Crippen LogP contribution in [0.5, 0.6) is 0 Å². The molecule has 0 aliphatic heterocycles. The highest BCUT2D eigenvalue weighted by Crippen LogP contribution is 2.49. The largest absolute Gasteiger partial charge is 0.382 e. The molecule has 2 saturated carbocycles. The highest BCUT2D eigenvalue weighted by Gasteiger charge is 2.45. The molecule has 0 amide bonds. The van der Waals surface area contributed by atoms with Gasteiger partial charge in [0.05, 0.1) is 0 Å². The molecule has 0 radical (unpaired) electrons. The van der Waals surface area contributed by atoms with Crippen molar-refractivity contribution in [3.63, 3.8) is 0 Å². The minimum Gasteiger partial charge on any atom is -0.382 e. The van der Waals surface area contributed by atoms with Crippen molar-refractivity contribution in [1.82, 2.24) is 0 Å². The number of fused-ring (bicyclic) bond motifs is 2. The molecule has 1 heteroatoms. The Morgan fingerprint density at radius 1 is 1.12 bits per heavy atom. The summed E-state index contributed by atoms with van der Waals surface area (Å²) in [6.07, 6.45) is 4.37. The van der Waals surface area contributed by atoms with Crippen LogP contribution >= 0.6 is 0 Å². The highest BCUT2D eigenvalue weighted by molar-refractivity contribution is 5.53. The smallest absolute Gasteiger partial charge is 0.0372 e. The second-order valence-electron chi connectivity index (χ2n) is 6.18. The lowest BCUT2D eigenvalue weighted by atomic mass is 9.85. The first-order chi connectivity index (χ1) is 8.15. The fourth-order valence-electron chi connectivity index (χ4n) is 3.98. The van der Waals surface area contributed by atoms with E-state index in [0.29, 0.717) is 0 Å². The van der Waals surface area contributed by atoms with E-state index in [1.165, 1.54) is 36.1 Å². The van der Waals surface area contributed by atoms with Gasteiger partial charge in [-0.1, -0.05) is 24.6 Å². The quantitative estimate of drug-likeness (QED) is 0.803. The molecule has 4 atom stereocenters. The fourth-order valence-corrected chi connectivity index (χ4v) is 3.98. The lowest BCUT2D eigenvalue weighted by molar-refractivity contribution is 0.328. The maximum atomic E-state index is 3.82. The fraction of sp³-hybridized carbons (Fsp3) is 0.625. The monoisotopic (exact) mass is 229 g/mol. The van der Waals surface area contributed by atoms with Gasteiger partial charge >= 0.3 is 0 Å². The topological polar surface area (TPSA) is 12.0 Å². The molecule has 17 heavy (non-hydrogen) atoms. The Hall–Kier alpha value is -0.980. The van der Waals surface area contributed by atoms with Crippen molar-refractivity contribution in [1.29, 1.82) is 0 Å². The van der Waals surface area contributed by atoms with Gasteiger partial charge in [0.2, 0.25) is 0 Å². The van der Waals surface area contributed by atoms with E-state index in [4.69, 9.17) is 0 Å². The molecule has 1 aromatic carbocycles. The third kappa shape index (κ3) is 1.86. The van der Waals surface area contributed by atoms with Crippen molar-refractivity contribution in [2.45, 2.75) is 46.1 Å². The Morgan fingerprint density at radius 3 is 2.53 bits per heavy atom. The third-order valence-electron chi connectivity index (χ3n) is 5.04. The molecule has 2 fully saturated rings. The van der Waals surface area contributed by atoms with Gasteiger partial charge in [-0.15, -0.1) is 0 Å². The average Bonchev–Trinajstić information content (AvgIpc) is 2.85. The number of nitrogens with one attached hydrogen (secondary N) is 1. The van der Waals surface area contributed by atoms with Gasteiger partial charge < -0.3 is 5.32 Å². The summed E-state index contributed by atoms with van der Waals surface area (Å²) in [5, 5.41) is 3.82. The minimum absolute atomic E-state index is 0.718. The molecule has 1 aromatic rings. The number of hydrogen-bond acceptors (Lipinski definition) is 1. The number of aryl methyl sites for hydroxylation is 2. The van der Waals surface area contributed by atoms with E-state index in [1.54, 1.807) is 0 Å². The lowest BCUT2D eigenvalue weighted by Crippen LogP contribution is -2.33. The number of anilines is 1. The van der Waals surface area contributed by atoms with E-state index in [9.17, 15) is 0 Å².